The topological polar surface area (TPSA) is 53.2 Å². The van der Waals surface area contributed by atoms with Crippen LogP contribution >= 0.6 is 22.6 Å². The van der Waals surface area contributed by atoms with Gasteiger partial charge in [0.25, 0.3) is 5.56 Å². The van der Waals surface area contributed by atoms with Crippen molar-refractivity contribution in [3.05, 3.63) is 30.6 Å². The summed E-state index contributed by atoms with van der Waals surface area (Å²) in [5.74, 6) is 0. The molecule has 1 fully saturated rings. The van der Waals surface area contributed by atoms with E-state index in [4.69, 9.17) is 4.74 Å². The maximum absolute atomic E-state index is 12.1. The quantitative estimate of drug-likeness (QED) is 0.758. The number of aryl methyl sites for hydroxylation is 1. The van der Waals surface area contributed by atoms with E-state index >= 15 is 0 Å². The van der Waals surface area contributed by atoms with Crippen LogP contribution in [0.4, 0.5) is 0 Å². The summed E-state index contributed by atoms with van der Waals surface area (Å²) in [6.07, 6.45) is 4.70. The Bertz CT molecular complexity index is 529. The number of aromatic nitrogens is 2. The standard InChI is InChI=1S/C12H17IN2O3/c1-2-14-8-10(13)11(16)15(12(14)17)7-9-5-3-4-6-18-9/h8-9H,2-7H2,1H3. The van der Waals surface area contributed by atoms with Crippen LogP contribution in [0.2, 0.25) is 0 Å². The van der Waals surface area contributed by atoms with Crippen LogP contribution in [0.3, 0.4) is 0 Å². The van der Waals surface area contributed by atoms with Gasteiger partial charge < -0.3 is 4.74 Å². The van der Waals surface area contributed by atoms with Gasteiger partial charge in [0.05, 0.1) is 16.2 Å². The number of halogens is 1. The number of hydrogen-bond acceptors (Lipinski definition) is 3. The van der Waals surface area contributed by atoms with Gasteiger partial charge in [0.15, 0.2) is 0 Å². The van der Waals surface area contributed by atoms with E-state index < -0.39 is 0 Å². The van der Waals surface area contributed by atoms with Crippen LogP contribution in [-0.4, -0.2) is 21.8 Å². The molecule has 0 N–H and O–H groups in total. The Morgan fingerprint density at radius 3 is 2.83 bits per heavy atom. The number of ether oxygens (including phenoxy) is 1. The van der Waals surface area contributed by atoms with Gasteiger partial charge in [-0.25, -0.2) is 4.79 Å². The van der Waals surface area contributed by atoms with Crippen LogP contribution in [0.1, 0.15) is 26.2 Å². The molecule has 100 valence electrons. The third kappa shape index (κ3) is 2.85. The Morgan fingerprint density at radius 1 is 1.44 bits per heavy atom. The largest absolute Gasteiger partial charge is 0.376 e. The van der Waals surface area contributed by atoms with E-state index in [1.807, 2.05) is 29.5 Å². The molecule has 2 rings (SSSR count). The second-order valence-corrected chi connectivity index (χ2v) is 5.61. The molecule has 0 radical (unpaired) electrons. The van der Waals surface area contributed by atoms with Crippen LogP contribution in [0.25, 0.3) is 0 Å². The molecular weight excluding hydrogens is 347 g/mol. The average molecular weight is 364 g/mol. The Hall–Kier alpha value is -0.630. The molecule has 0 spiro atoms. The molecule has 0 bridgehead atoms. The highest BCUT2D eigenvalue weighted by atomic mass is 127. The molecule has 0 saturated carbocycles. The Morgan fingerprint density at radius 2 is 2.22 bits per heavy atom. The van der Waals surface area contributed by atoms with Gasteiger partial charge in [-0.1, -0.05) is 0 Å². The highest BCUT2D eigenvalue weighted by Gasteiger charge is 2.18. The van der Waals surface area contributed by atoms with E-state index in [-0.39, 0.29) is 17.4 Å². The number of hydrogen-bond donors (Lipinski definition) is 0. The summed E-state index contributed by atoms with van der Waals surface area (Å²) in [5, 5.41) is 0. The summed E-state index contributed by atoms with van der Waals surface area (Å²) in [6.45, 7) is 3.56. The molecular formula is C12H17IN2O3. The SMILES string of the molecule is CCn1cc(I)c(=O)n(CC2CCCCO2)c1=O. The average Bonchev–Trinajstić information content (AvgIpc) is 2.40. The second kappa shape index (κ2) is 6.01. The first-order valence-corrected chi connectivity index (χ1v) is 7.32. The van der Waals surface area contributed by atoms with Crippen LogP contribution in [0.5, 0.6) is 0 Å². The fourth-order valence-electron chi connectivity index (χ4n) is 2.16. The Labute approximate surface area is 119 Å². The molecule has 2 heterocycles. The maximum atomic E-state index is 12.1. The van der Waals surface area contributed by atoms with Crippen LogP contribution in [-0.2, 0) is 17.8 Å². The summed E-state index contributed by atoms with van der Waals surface area (Å²) < 4.78 is 9.04. The molecule has 18 heavy (non-hydrogen) atoms. The van der Waals surface area contributed by atoms with Gasteiger partial charge in [-0.2, -0.15) is 0 Å². The second-order valence-electron chi connectivity index (χ2n) is 4.45. The molecule has 5 nitrogen and oxygen atoms in total. The summed E-state index contributed by atoms with van der Waals surface area (Å²) >= 11 is 1.98. The van der Waals surface area contributed by atoms with Crippen molar-refractivity contribution in [3.63, 3.8) is 0 Å². The van der Waals surface area contributed by atoms with Gasteiger partial charge in [0.1, 0.15) is 0 Å². The molecule has 1 unspecified atom stereocenters. The molecule has 1 saturated heterocycles. The van der Waals surface area contributed by atoms with Gasteiger partial charge >= 0.3 is 5.69 Å². The minimum absolute atomic E-state index is 0.00680. The van der Waals surface area contributed by atoms with Gasteiger partial charge in [0.2, 0.25) is 0 Å². The summed E-state index contributed by atoms with van der Waals surface area (Å²) in [4.78, 5) is 24.1. The zero-order valence-corrected chi connectivity index (χ0v) is 12.6. The highest BCUT2D eigenvalue weighted by Crippen LogP contribution is 2.13. The fourth-order valence-corrected chi connectivity index (χ4v) is 2.79. The lowest BCUT2D eigenvalue weighted by atomic mass is 10.1. The van der Waals surface area contributed by atoms with E-state index in [0.717, 1.165) is 25.9 Å². The van der Waals surface area contributed by atoms with Crippen LogP contribution in [0, 0.1) is 3.57 Å². The first-order chi connectivity index (χ1) is 8.63. The zero-order chi connectivity index (χ0) is 13.1. The molecule has 1 aliphatic rings. The van der Waals surface area contributed by atoms with Crippen LogP contribution < -0.4 is 11.2 Å². The van der Waals surface area contributed by atoms with Crippen molar-refractivity contribution >= 4 is 22.6 Å². The Kier molecular flexibility index (Phi) is 4.60. The fraction of sp³-hybridized carbons (Fsp3) is 0.667. The molecule has 6 heteroatoms. The van der Waals surface area contributed by atoms with E-state index in [9.17, 15) is 9.59 Å². The van der Waals surface area contributed by atoms with Crippen LogP contribution in [0.15, 0.2) is 15.8 Å². The lowest BCUT2D eigenvalue weighted by Gasteiger charge is -2.23. The van der Waals surface area contributed by atoms with Crippen molar-refractivity contribution in [3.8, 4) is 0 Å². The summed E-state index contributed by atoms with van der Waals surface area (Å²) in [6, 6.07) is 0. The predicted octanol–water partition coefficient (Wildman–Crippen LogP) is 1.20. The van der Waals surface area contributed by atoms with Gasteiger partial charge in [-0.3, -0.25) is 13.9 Å². The third-order valence-electron chi connectivity index (χ3n) is 3.20. The lowest BCUT2D eigenvalue weighted by molar-refractivity contribution is 0.00442. The Balaban J connectivity index is 2.34. The molecule has 1 aromatic heterocycles. The first kappa shape index (κ1) is 13.8. The van der Waals surface area contributed by atoms with Crippen molar-refractivity contribution < 1.29 is 4.74 Å². The van der Waals surface area contributed by atoms with E-state index in [0.29, 0.717) is 16.7 Å². The number of rotatable bonds is 3. The third-order valence-corrected chi connectivity index (χ3v) is 3.94. The van der Waals surface area contributed by atoms with Gasteiger partial charge in [-0.15, -0.1) is 0 Å². The van der Waals surface area contributed by atoms with Crippen molar-refractivity contribution in [1.82, 2.24) is 9.13 Å². The summed E-state index contributed by atoms with van der Waals surface area (Å²) in [7, 11) is 0. The molecule has 0 aromatic carbocycles. The van der Waals surface area contributed by atoms with Gasteiger partial charge in [-0.05, 0) is 48.8 Å². The highest BCUT2D eigenvalue weighted by molar-refractivity contribution is 14.1. The zero-order valence-electron chi connectivity index (χ0n) is 10.4. The lowest BCUT2D eigenvalue weighted by Crippen LogP contribution is -2.44. The minimum atomic E-state index is -0.239. The molecule has 1 aromatic rings. The van der Waals surface area contributed by atoms with Crippen molar-refractivity contribution in [1.29, 1.82) is 0 Å². The first-order valence-electron chi connectivity index (χ1n) is 6.25. The van der Waals surface area contributed by atoms with E-state index in [2.05, 4.69) is 0 Å². The number of nitrogens with zero attached hydrogens (tertiary/aromatic N) is 2. The maximum Gasteiger partial charge on any atom is 0.331 e. The molecule has 1 aliphatic heterocycles. The van der Waals surface area contributed by atoms with Crippen molar-refractivity contribution in [2.75, 3.05) is 6.61 Å². The van der Waals surface area contributed by atoms with Gasteiger partial charge in [0, 0.05) is 19.3 Å². The summed E-state index contributed by atoms with van der Waals surface area (Å²) in [5.41, 5.74) is -0.448. The monoisotopic (exact) mass is 364 g/mol. The minimum Gasteiger partial charge on any atom is -0.376 e. The molecule has 1 atom stereocenters. The molecule has 0 amide bonds. The van der Waals surface area contributed by atoms with Crippen molar-refractivity contribution in [2.45, 2.75) is 45.4 Å². The smallest absolute Gasteiger partial charge is 0.331 e. The predicted molar refractivity (Wildman–Crippen MR) is 76.9 cm³/mol. The normalized spacial score (nSPS) is 20.0. The van der Waals surface area contributed by atoms with Crippen molar-refractivity contribution in [2.24, 2.45) is 0 Å². The molecule has 0 aliphatic carbocycles. The van der Waals surface area contributed by atoms with E-state index in [1.165, 1.54) is 4.57 Å². The van der Waals surface area contributed by atoms with E-state index in [1.54, 1.807) is 10.8 Å².